The van der Waals surface area contributed by atoms with Gasteiger partial charge in [0.25, 0.3) is 5.91 Å². The van der Waals surface area contributed by atoms with Gasteiger partial charge in [-0.2, -0.15) is 0 Å². The molecule has 1 N–H and O–H groups in total. The van der Waals surface area contributed by atoms with E-state index in [9.17, 15) is 9.59 Å². The van der Waals surface area contributed by atoms with E-state index in [1.54, 1.807) is 24.3 Å². The Labute approximate surface area is 115 Å². The number of amides is 1. The first-order valence-electron chi connectivity index (χ1n) is 5.84. The number of aromatic nitrogens is 1. The van der Waals surface area contributed by atoms with E-state index in [0.717, 1.165) is 9.88 Å². The molecule has 0 atom stereocenters. The molecule has 0 aliphatic carbocycles. The van der Waals surface area contributed by atoms with Gasteiger partial charge in [-0.05, 0) is 45.0 Å². The molecule has 0 saturated heterocycles. The maximum atomic E-state index is 12.0. The zero-order chi connectivity index (χ0) is 14.0. The number of hydrogen-bond donors (Lipinski definition) is 1. The van der Waals surface area contributed by atoms with E-state index in [0.29, 0.717) is 16.9 Å². The molecule has 0 radical (unpaired) electrons. The van der Waals surface area contributed by atoms with Gasteiger partial charge in [-0.15, -0.1) is 11.3 Å². The molecular weight excluding hydrogens is 260 g/mol. The molecule has 1 amide bonds. The van der Waals surface area contributed by atoms with Gasteiger partial charge in [-0.25, -0.2) is 4.98 Å². The third-order valence-electron chi connectivity index (χ3n) is 2.67. The Hall–Kier alpha value is -2.01. The van der Waals surface area contributed by atoms with E-state index < -0.39 is 0 Å². The Morgan fingerprint density at radius 3 is 2.26 bits per heavy atom. The van der Waals surface area contributed by atoms with Crippen LogP contribution in [0.2, 0.25) is 0 Å². The number of nitrogens with zero attached hydrogens (tertiary/aromatic N) is 1. The van der Waals surface area contributed by atoms with Gasteiger partial charge in [0.2, 0.25) is 0 Å². The molecule has 5 heteroatoms. The highest BCUT2D eigenvalue weighted by atomic mass is 32.1. The summed E-state index contributed by atoms with van der Waals surface area (Å²) >= 11 is 1.50. The summed E-state index contributed by atoms with van der Waals surface area (Å²) in [5, 5.41) is 3.64. The Bertz CT molecular complexity index is 629. The molecule has 1 aromatic heterocycles. The standard InChI is InChI=1S/C14H14N2O2S/c1-8(17)11-4-6-12(7-5-11)16-14(18)13-9(2)19-10(3)15-13/h4-7H,1-3H3,(H,16,18). The number of ketones is 1. The Balaban J connectivity index is 2.15. The second-order valence-electron chi connectivity index (χ2n) is 4.23. The number of aryl methyl sites for hydroxylation is 2. The van der Waals surface area contributed by atoms with Crippen molar-refractivity contribution in [1.82, 2.24) is 4.98 Å². The van der Waals surface area contributed by atoms with Crippen LogP contribution in [0.5, 0.6) is 0 Å². The lowest BCUT2D eigenvalue weighted by Crippen LogP contribution is -2.13. The van der Waals surface area contributed by atoms with Crippen LogP contribution in [0.4, 0.5) is 5.69 Å². The predicted octanol–water partition coefficient (Wildman–Crippen LogP) is 3.21. The van der Waals surface area contributed by atoms with Crippen LogP contribution in [0.3, 0.4) is 0 Å². The molecule has 0 fully saturated rings. The largest absolute Gasteiger partial charge is 0.321 e. The normalized spacial score (nSPS) is 10.3. The molecule has 0 unspecified atom stereocenters. The van der Waals surface area contributed by atoms with Crippen LogP contribution in [0.1, 0.15) is 37.7 Å². The molecule has 0 bridgehead atoms. The molecule has 1 aromatic carbocycles. The summed E-state index contributed by atoms with van der Waals surface area (Å²) in [7, 11) is 0. The second kappa shape index (κ2) is 5.32. The average molecular weight is 274 g/mol. The van der Waals surface area contributed by atoms with Crippen LogP contribution in [-0.4, -0.2) is 16.7 Å². The van der Waals surface area contributed by atoms with Gasteiger partial charge in [0, 0.05) is 16.1 Å². The molecule has 98 valence electrons. The quantitative estimate of drug-likeness (QED) is 0.874. The van der Waals surface area contributed by atoms with Gasteiger partial charge in [0.05, 0.1) is 5.01 Å². The third kappa shape index (κ3) is 3.06. The van der Waals surface area contributed by atoms with Crippen molar-refractivity contribution in [2.75, 3.05) is 5.32 Å². The molecule has 1 heterocycles. The Morgan fingerprint density at radius 1 is 1.16 bits per heavy atom. The number of hydrogen-bond acceptors (Lipinski definition) is 4. The average Bonchev–Trinajstić information content (AvgIpc) is 2.69. The van der Waals surface area contributed by atoms with Crippen LogP contribution in [0.15, 0.2) is 24.3 Å². The van der Waals surface area contributed by atoms with Crippen LogP contribution in [0.25, 0.3) is 0 Å². The van der Waals surface area contributed by atoms with Gasteiger partial charge in [0.1, 0.15) is 5.69 Å². The minimum atomic E-state index is -0.225. The summed E-state index contributed by atoms with van der Waals surface area (Å²) in [5.74, 6) is -0.221. The molecule has 2 aromatic rings. The topological polar surface area (TPSA) is 59.1 Å². The first-order valence-corrected chi connectivity index (χ1v) is 6.65. The molecule has 0 aliphatic rings. The van der Waals surface area contributed by atoms with Crippen molar-refractivity contribution in [3.63, 3.8) is 0 Å². The fraction of sp³-hybridized carbons (Fsp3) is 0.214. The fourth-order valence-corrected chi connectivity index (χ4v) is 2.53. The van der Waals surface area contributed by atoms with Crippen molar-refractivity contribution in [3.05, 3.63) is 45.4 Å². The van der Waals surface area contributed by atoms with Crippen molar-refractivity contribution in [2.45, 2.75) is 20.8 Å². The van der Waals surface area contributed by atoms with Crippen LogP contribution >= 0.6 is 11.3 Å². The van der Waals surface area contributed by atoms with E-state index in [4.69, 9.17) is 0 Å². The summed E-state index contributed by atoms with van der Waals surface area (Å²) < 4.78 is 0. The molecule has 4 nitrogen and oxygen atoms in total. The van der Waals surface area contributed by atoms with Crippen LogP contribution < -0.4 is 5.32 Å². The van der Waals surface area contributed by atoms with Crippen molar-refractivity contribution >= 4 is 28.7 Å². The molecule has 0 spiro atoms. The summed E-state index contributed by atoms with van der Waals surface area (Å²) in [5.41, 5.74) is 1.73. The van der Waals surface area contributed by atoms with E-state index >= 15 is 0 Å². The molecule has 2 rings (SSSR count). The minimum Gasteiger partial charge on any atom is -0.321 e. The maximum absolute atomic E-state index is 12.0. The number of carbonyl (C=O) groups excluding carboxylic acids is 2. The Kier molecular flexibility index (Phi) is 3.76. The van der Waals surface area contributed by atoms with E-state index in [1.807, 2.05) is 13.8 Å². The fourth-order valence-electron chi connectivity index (χ4n) is 1.72. The summed E-state index contributed by atoms with van der Waals surface area (Å²) in [6, 6.07) is 6.81. The molecule has 19 heavy (non-hydrogen) atoms. The van der Waals surface area contributed by atoms with Crippen molar-refractivity contribution in [3.8, 4) is 0 Å². The van der Waals surface area contributed by atoms with E-state index in [1.165, 1.54) is 18.3 Å². The number of carbonyl (C=O) groups is 2. The summed E-state index contributed by atoms with van der Waals surface area (Å²) in [6.07, 6.45) is 0. The van der Waals surface area contributed by atoms with Crippen molar-refractivity contribution in [2.24, 2.45) is 0 Å². The van der Waals surface area contributed by atoms with Gasteiger partial charge in [-0.1, -0.05) is 0 Å². The highest BCUT2D eigenvalue weighted by Gasteiger charge is 2.14. The number of rotatable bonds is 3. The van der Waals surface area contributed by atoms with Gasteiger partial charge < -0.3 is 5.32 Å². The van der Waals surface area contributed by atoms with Crippen LogP contribution in [-0.2, 0) is 0 Å². The SMILES string of the molecule is CC(=O)c1ccc(NC(=O)c2nc(C)sc2C)cc1. The lowest BCUT2D eigenvalue weighted by atomic mass is 10.1. The first-order chi connectivity index (χ1) is 8.97. The van der Waals surface area contributed by atoms with E-state index in [-0.39, 0.29) is 11.7 Å². The predicted molar refractivity (Wildman–Crippen MR) is 76.0 cm³/mol. The Morgan fingerprint density at radius 2 is 1.79 bits per heavy atom. The summed E-state index contributed by atoms with van der Waals surface area (Å²) in [4.78, 5) is 28.3. The van der Waals surface area contributed by atoms with E-state index in [2.05, 4.69) is 10.3 Å². The monoisotopic (exact) mass is 274 g/mol. The molecular formula is C14H14N2O2S. The smallest absolute Gasteiger partial charge is 0.275 e. The zero-order valence-electron chi connectivity index (χ0n) is 11.0. The zero-order valence-corrected chi connectivity index (χ0v) is 11.8. The highest BCUT2D eigenvalue weighted by Crippen LogP contribution is 2.18. The third-order valence-corrected chi connectivity index (χ3v) is 3.55. The number of anilines is 1. The van der Waals surface area contributed by atoms with Gasteiger partial charge >= 0.3 is 0 Å². The number of Topliss-reactive ketones (excluding diaryl/α,β-unsaturated/α-hetero) is 1. The van der Waals surface area contributed by atoms with Gasteiger partial charge in [0.15, 0.2) is 5.78 Å². The number of thiazole rings is 1. The second-order valence-corrected chi connectivity index (χ2v) is 5.63. The molecule has 0 aliphatic heterocycles. The number of nitrogens with one attached hydrogen (secondary N) is 1. The van der Waals surface area contributed by atoms with Crippen molar-refractivity contribution in [1.29, 1.82) is 0 Å². The summed E-state index contributed by atoms with van der Waals surface area (Å²) in [6.45, 7) is 5.25. The van der Waals surface area contributed by atoms with Crippen LogP contribution in [0, 0.1) is 13.8 Å². The molecule has 0 saturated carbocycles. The minimum absolute atomic E-state index is 0.00356. The highest BCUT2D eigenvalue weighted by molar-refractivity contribution is 7.11. The number of benzene rings is 1. The maximum Gasteiger partial charge on any atom is 0.275 e. The van der Waals surface area contributed by atoms with Gasteiger partial charge in [-0.3, -0.25) is 9.59 Å². The van der Waals surface area contributed by atoms with Crippen molar-refractivity contribution < 1.29 is 9.59 Å². The first kappa shape index (κ1) is 13.4. The lowest BCUT2D eigenvalue weighted by Gasteiger charge is -2.04. The lowest BCUT2D eigenvalue weighted by molar-refractivity contribution is 0.101.